The van der Waals surface area contributed by atoms with E-state index >= 15 is 0 Å². The number of phenols is 1. The van der Waals surface area contributed by atoms with Gasteiger partial charge in [0.05, 0.1) is 23.9 Å². The van der Waals surface area contributed by atoms with Crippen LogP contribution in [-0.4, -0.2) is 51.5 Å². The van der Waals surface area contributed by atoms with Crippen LogP contribution in [0.2, 0.25) is 0 Å². The van der Waals surface area contributed by atoms with Crippen molar-refractivity contribution >= 4 is 11.6 Å². The first-order valence-electron chi connectivity index (χ1n) is 9.55. The summed E-state index contributed by atoms with van der Waals surface area (Å²) in [5.74, 6) is -1.22. The van der Waals surface area contributed by atoms with Crippen LogP contribution in [0, 0.1) is 0 Å². The third-order valence-corrected chi connectivity index (χ3v) is 6.13. The van der Waals surface area contributed by atoms with Gasteiger partial charge in [-0.3, -0.25) is 9.59 Å². The lowest BCUT2D eigenvalue weighted by atomic mass is 9.72. The summed E-state index contributed by atoms with van der Waals surface area (Å²) >= 11 is 0. The molecule has 1 saturated heterocycles. The highest BCUT2D eigenvalue weighted by Gasteiger charge is 2.48. The molecule has 4 atom stereocenters. The number of ketones is 2. The Bertz CT molecular complexity index is 1060. The lowest BCUT2D eigenvalue weighted by Crippen LogP contribution is -2.49. The van der Waals surface area contributed by atoms with E-state index < -0.39 is 35.6 Å². The summed E-state index contributed by atoms with van der Waals surface area (Å²) in [5.41, 5.74) is -0.321. The number of rotatable bonds is 1. The number of hydrogen-bond acceptors (Lipinski definition) is 7. The summed E-state index contributed by atoms with van der Waals surface area (Å²) in [6, 6.07) is 7.96. The van der Waals surface area contributed by atoms with Gasteiger partial charge in [0.15, 0.2) is 17.9 Å². The molecule has 0 aromatic heterocycles. The van der Waals surface area contributed by atoms with E-state index in [0.717, 1.165) is 0 Å². The molecule has 2 aliphatic carbocycles. The van der Waals surface area contributed by atoms with Gasteiger partial charge >= 0.3 is 0 Å². The highest BCUT2D eigenvalue weighted by atomic mass is 16.7. The zero-order valence-corrected chi connectivity index (χ0v) is 15.7. The molecule has 1 aliphatic heterocycles. The molecule has 5 rings (SSSR count). The summed E-state index contributed by atoms with van der Waals surface area (Å²) in [5, 5.41) is 32.8. The molecule has 0 saturated carbocycles. The van der Waals surface area contributed by atoms with Crippen LogP contribution in [0.25, 0.3) is 0 Å². The number of benzene rings is 2. The fourth-order valence-corrected chi connectivity index (χ4v) is 4.72. The molecule has 150 valence electrons. The second-order valence-corrected chi connectivity index (χ2v) is 7.95. The van der Waals surface area contributed by atoms with Crippen LogP contribution < -0.4 is 0 Å². The lowest BCUT2D eigenvalue weighted by molar-refractivity contribution is -0.131. The molecule has 0 spiro atoms. The molecule has 0 amide bonds. The van der Waals surface area contributed by atoms with Crippen molar-refractivity contribution in [1.82, 2.24) is 0 Å². The van der Waals surface area contributed by atoms with E-state index in [2.05, 4.69) is 0 Å². The molecular weight excluding hydrogens is 376 g/mol. The second kappa shape index (κ2) is 6.21. The summed E-state index contributed by atoms with van der Waals surface area (Å²) in [7, 11) is 0. The second-order valence-electron chi connectivity index (χ2n) is 7.95. The first kappa shape index (κ1) is 18.4. The molecule has 0 radical (unpaired) electrons. The largest absolute Gasteiger partial charge is 0.507 e. The van der Waals surface area contributed by atoms with E-state index in [1.165, 1.54) is 6.07 Å². The molecular formula is C22H20O7. The number of aliphatic hydroxyl groups excluding tert-OH is 1. The van der Waals surface area contributed by atoms with Gasteiger partial charge in [-0.05, 0) is 18.6 Å². The molecule has 0 bridgehead atoms. The molecule has 3 aliphatic rings. The number of carbonyl (C=O) groups excluding carboxylic acids is 2. The van der Waals surface area contributed by atoms with Crippen LogP contribution >= 0.6 is 0 Å². The van der Waals surface area contributed by atoms with Crippen molar-refractivity contribution in [1.29, 1.82) is 0 Å². The van der Waals surface area contributed by atoms with Crippen LogP contribution in [0.3, 0.4) is 0 Å². The van der Waals surface area contributed by atoms with E-state index in [-0.39, 0.29) is 53.0 Å². The fourth-order valence-electron chi connectivity index (χ4n) is 4.72. The number of phenolic OH excluding ortho intramolecular Hbond substituents is 1. The van der Waals surface area contributed by atoms with Gasteiger partial charge < -0.3 is 24.8 Å². The van der Waals surface area contributed by atoms with Crippen molar-refractivity contribution in [3.63, 3.8) is 0 Å². The molecule has 7 nitrogen and oxygen atoms in total. The summed E-state index contributed by atoms with van der Waals surface area (Å²) in [4.78, 5) is 26.0. The van der Waals surface area contributed by atoms with Gasteiger partial charge in [-0.1, -0.05) is 24.3 Å². The van der Waals surface area contributed by atoms with E-state index in [4.69, 9.17) is 9.47 Å². The Labute approximate surface area is 166 Å². The third kappa shape index (κ3) is 2.59. The van der Waals surface area contributed by atoms with Gasteiger partial charge in [0, 0.05) is 35.1 Å². The average molecular weight is 396 g/mol. The highest BCUT2D eigenvalue weighted by Crippen LogP contribution is 2.47. The van der Waals surface area contributed by atoms with E-state index in [9.17, 15) is 24.9 Å². The smallest absolute Gasteiger partial charge is 0.198 e. The Balaban J connectivity index is 1.64. The number of fused-ring (bicyclic) bond motifs is 3. The summed E-state index contributed by atoms with van der Waals surface area (Å²) in [6.45, 7) is 1.90. The molecule has 2 unspecified atom stereocenters. The number of ether oxygens (including phenoxy) is 2. The fraction of sp³-hybridized carbons (Fsp3) is 0.364. The number of hydrogen-bond donors (Lipinski definition) is 3. The summed E-state index contributed by atoms with van der Waals surface area (Å²) in [6.07, 6.45) is -2.34. The Morgan fingerprint density at radius 1 is 1.10 bits per heavy atom. The number of aliphatic hydroxyl groups is 2. The van der Waals surface area contributed by atoms with Crippen molar-refractivity contribution in [3.8, 4) is 5.75 Å². The van der Waals surface area contributed by atoms with Crippen LogP contribution in [0.4, 0.5) is 0 Å². The first-order chi connectivity index (χ1) is 13.8. The average Bonchev–Trinajstić information content (AvgIpc) is 3.12. The molecule has 3 N–H and O–H groups in total. The molecule has 2 aromatic carbocycles. The van der Waals surface area contributed by atoms with Crippen LogP contribution in [0.1, 0.15) is 62.4 Å². The van der Waals surface area contributed by atoms with Gasteiger partial charge in [-0.25, -0.2) is 0 Å². The van der Waals surface area contributed by atoms with Crippen molar-refractivity contribution in [2.75, 3.05) is 6.61 Å². The Hall–Kier alpha value is -2.58. The first-order valence-corrected chi connectivity index (χ1v) is 9.55. The monoisotopic (exact) mass is 396 g/mol. The Kier molecular flexibility index (Phi) is 3.95. The van der Waals surface area contributed by atoms with E-state index in [1.807, 2.05) is 0 Å². The Morgan fingerprint density at radius 2 is 1.79 bits per heavy atom. The number of carbonyl (C=O) groups is 2. The van der Waals surface area contributed by atoms with Gasteiger partial charge in [0.2, 0.25) is 0 Å². The summed E-state index contributed by atoms with van der Waals surface area (Å²) < 4.78 is 11.0. The molecule has 7 heteroatoms. The Morgan fingerprint density at radius 3 is 2.45 bits per heavy atom. The van der Waals surface area contributed by atoms with Crippen molar-refractivity contribution in [2.24, 2.45) is 0 Å². The van der Waals surface area contributed by atoms with Crippen molar-refractivity contribution in [3.05, 3.63) is 63.7 Å². The maximum atomic E-state index is 13.0. The maximum absolute atomic E-state index is 13.0. The predicted molar refractivity (Wildman–Crippen MR) is 99.9 cm³/mol. The van der Waals surface area contributed by atoms with Gasteiger partial charge in [0.1, 0.15) is 11.9 Å². The van der Waals surface area contributed by atoms with Gasteiger partial charge in [-0.2, -0.15) is 0 Å². The van der Waals surface area contributed by atoms with Gasteiger partial charge in [0.25, 0.3) is 0 Å². The van der Waals surface area contributed by atoms with Crippen molar-refractivity contribution in [2.45, 2.75) is 43.9 Å². The molecule has 1 fully saturated rings. The van der Waals surface area contributed by atoms with E-state index in [1.54, 1.807) is 31.2 Å². The molecule has 2 aromatic rings. The maximum Gasteiger partial charge on any atom is 0.198 e. The molecule has 1 heterocycles. The lowest BCUT2D eigenvalue weighted by Gasteiger charge is -2.40. The minimum Gasteiger partial charge on any atom is -0.507 e. The predicted octanol–water partition coefficient (Wildman–Crippen LogP) is 1.64. The van der Waals surface area contributed by atoms with Crippen LogP contribution in [-0.2, 0) is 15.9 Å². The minimum absolute atomic E-state index is 0.0596. The SMILES string of the molecule is C[C@@H]1OC[C@H](C2(O)Cc3cc4c(c(O)c3C(O)C2)C(=O)c2ccccc2C4=O)O1. The van der Waals surface area contributed by atoms with E-state index in [0.29, 0.717) is 5.56 Å². The minimum atomic E-state index is -1.42. The standard InChI is InChI=1S/C22H20O7/c1-10-28-9-16(29-10)22(27)7-11-6-14-18(21(26)17(11)15(23)8-22)20(25)13-5-3-2-4-12(13)19(14)24/h2-6,10,15-16,23,26-27H,7-9H2,1H3/t10-,15?,16-,22?/m1/s1. The quantitative estimate of drug-likeness (QED) is 0.573. The molecule has 29 heavy (non-hydrogen) atoms. The topological polar surface area (TPSA) is 113 Å². The highest BCUT2D eigenvalue weighted by molar-refractivity contribution is 6.29. The van der Waals surface area contributed by atoms with Crippen molar-refractivity contribution < 1.29 is 34.4 Å². The normalized spacial score (nSPS) is 30.7. The zero-order valence-electron chi connectivity index (χ0n) is 15.7. The van der Waals surface area contributed by atoms with Crippen LogP contribution in [0.5, 0.6) is 5.75 Å². The van der Waals surface area contributed by atoms with Crippen LogP contribution in [0.15, 0.2) is 30.3 Å². The number of aromatic hydroxyl groups is 1. The zero-order chi connectivity index (χ0) is 20.5. The third-order valence-electron chi connectivity index (χ3n) is 6.13. The van der Waals surface area contributed by atoms with Gasteiger partial charge in [-0.15, -0.1) is 0 Å².